The third kappa shape index (κ3) is 2.99. The van der Waals surface area contributed by atoms with E-state index < -0.39 is 18.1 Å². The number of likely N-dealkylation sites (tertiary alicyclic amines) is 1. The molecule has 0 aromatic heterocycles. The number of benzene rings is 1. The second kappa shape index (κ2) is 7.14. The number of ether oxygens (including phenoxy) is 1. The molecule has 162 valence electrons. The predicted molar refractivity (Wildman–Crippen MR) is 112 cm³/mol. The average molecular weight is 421 g/mol. The van der Waals surface area contributed by atoms with Gasteiger partial charge >= 0.3 is 5.97 Å². The van der Waals surface area contributed by atoms with Crippen molar-refractivity contribution in [1.82, 2.24) is 4.90 Å². The maximum atomic E-state index is 13.4. The fraction of sp³-hybridized carbons (Fsp3) is 0.520. The first-order valence-electron chi connectivity index (χ1n) is 11.2. The van der Waals surface area contributed by atoms with Gasteiger partial charge in [-0.15, -0.1) is 0 Å². The van der Waals surface area contributed by atoms with E-state index in [4.69, 9.17) is 4.74 Å². The van der Waals surface area contributed by atoms with Crippen LogP contribution in [0.2, 0.25) is 0 Å². The standard InChI is InChI=1S/C25H27NO5/c1-12(2)21(25(30)31-13(3)22(27)14-7-5-4-6-8-14)26-23(28)19-15-9-10-16(18-11-17(15)18)20(19)24(26)29/h4-10,12-13,15-21H,11H2,1-3H3/t13-,15-,16-,17-,18+,19+,20+,21-/m0/s1. The molecule has 3 fully saturated rings. The summed E-state index contributed by atoms with van der Waals surface area (Å²) in [6, 6.07) is 7.60. The van der Waals surface area contributed by atoms with Crippen LogP contribution in [-0.2, 0) is 19.1 Å². The third-order valence-corrected chi connectivity index (χ3v) is 7.57. The maximum absolute atomic E-state index is 13.4. The van der Waals surface area contributed by atoms with Crippen LogP contribution in [-0.4, -0.2) is 40.6 Å². The number of nitrogens with zero attached hydrogens (tertiary/aromatic N) is 1. The summed E-state index contributed by atoms with van der Waals surface area (Å²) in [7, 11) is 0. The van der Waals surface area contributed by atoms with E-state index in [2.05, 4.69) is 12.2 Å². The smallest absolute Gasteiger partial charge is 0.330 e. The van der Waals surface area contributed by atoms with E-state index in [0.717, 1.165) is 6.42 Å². The van der Waals surface area contributed by atoms with Gasteiger partial charge in [0, 0.05) is 5.56 Å². The molecule has 8 atom stereocenters. The van der Waals surface area contributed by atoms with E-state index in [0.29, 0.717) is 17.4 Å². The molecule has 0 unspecified atom stereocenters. The summed E-state index contributed by atoms with van der Waals surface area (Å²) in [5.41, 5.74) is 0.449. The normalized spacial score (nSPS) is 34.4. The SMILES string of the molecule is CC(C)[C@@H](C(=O)O[C@@H](C)C(=O)c1ccccc1)N1C(=O)[C@@H]2[C@H]3C=C[C@@H]([C@@H]4C[C@H]34)[C@H]2C1=O. The van der Waals surface area contributed by atoms with Crippen LogP contribution in [0.1, 0.15) is 37.6 Å². The number of ketones is 1. The Morgan fingerprint density at radius 3 is 2.00 bits per heavy atom. The third-order valence-electron chi connectivity index (χ3n) is 7.57. The molecule has 2 bridgehead atoms. The first-order chi connectivity index (χ1) is 14.8. The minimum Gasteiger partial charge on any atom is -0.453 e. The van der Waals surface area contributed by atoms with Crippen LogP contribution >= 0.6 is 0 Å². The topological polar surface area (TPSA) is 80.8 Å². The minimum absolute atomic E-state index is 0.101. The molecule has 6 heteroatoms. The van der Waals surface area contributed by atoms with E-state index in [1.165, 1.54) is 11.8 Å². The lowest BCUT2D eigenvalue weighted by atomic mass is 9.63. The molecule has 5 aliphatic rings. The van der Waals surface area contributed by atoms with Crippen molar-refractivity contribution >= 4 is 23.6 Å². The number of amides is 2. The monoisotopic (exact) mass is 421 g/mol. The number of imide groups is 1. The first-order valence-corrected chi connectivity index (χ1v) is 11.2. The summed E-state index contributed by atoms with van der Waals surface area (Å²) in [6.45, 7) is 5.11. The van der Waals surface area contributed by atoms with Gasteiger partial charge in [0.05, 0.1) is 11.8 Å². The number of carbonyl (C=O) groups excluding carboxylic acids is 4. The van der Waals surface area contributed by atoms with Crippen molar-refractivity contribution in [3.05, 3.63) is 48.0 Å². The van der Waals surface area contributed by atoms with E-state index in [-0.39, 0.29) is 47.2 Å². The Balaban J connectivity index is 1.36. The molecule has 6 nitrogen and oxygen atoms in total. The van der Waals surface area contributed by atoms with Crippen LogP contribution in [0.4, 0.5) is 0 Å². The molecule has 6 rings (SSSR count). The Labute approximate surface area is 181 Å². The van der Waals surface area contributed by atoms with Gasteiger partial charge in [-0.25, -0.2) is 4.79 Å². The highest BCUT2D eigenvalue weighted by Gasteiger charge is 2.68. The number of hydrogen-bond acceptors (Lipinski definition) is 5. The largest absolute Gasteiger partial charge is 0.453 e. The minimum atomic E-state index is -1.02. The Hall–Kier alpha value is -2.76. The van der Waals surface area contributed by atoms with E-state index in [1.807, 2.05) is 0 Å². The van der Waals surface area contributed by atoms with Crippen molar-refractivity contribution in [3.63, 3.8) is 0 Å². The van der Waals surface area contributed by atoms with Gasteiger partial charge < -0.3 is 4.74 Å². The predicted octanol–water partition coefficient (Wildman–Crippen LogP) is 2.88. The second-order valence-electron chi connectivity index (χ2n) is 9.70. The highest BCUT2D eigenvalue weighted by atomic mass is 16.5. The molecule has 2 amide bonds. The summed E-state index contributed by atoms with van der Waals surface area (Å²) in [4.78, 5) is 53.7. The molecular weight excluding hydrogens is 394 g/mol. The van der Waals surface area contributed by atoms with E-state index in [1.54, 1.807) is 44.2 Å². The molecule has 0 spiro atoms. The molecule has 0 N–H and O–H groups in total. The van der Waals surface area contributed by atoms with Crippen LogP contribution in [0.3, 0.4) is 0 Å². The molecular formula is C25H27NO5. The molecule has 2 saturated carbocycles. The zero-order valence-electron chi connectivity index (χ0n) is 17.9. The Kier molecular flexibility index (Phi) is 4.65. The van der Waals surface area contributed by atoms with Gasteiger partial charge in [-0.2, -0.15) is 0 Å². The Morgan fingerprint density at radius 2 is 1.48 bits per heavy atom. The van der Waals surface area contributed by atoms with Crippen molar-refractivity contribution in [2.45, 2.75) is 39.3 Å². The van der Waals surface area contributed by atoms with E-state index in [9.17, 15) is 19.2 Å². The molecule has 4 aliphatic carbocycles. The Morgan fingerprint density at radius 1 is 0.935 bits per heavy atom. The van der Waals surface area contributed by atoms with Crippen molar-refractivity contribution < 1.29 is 23.9 Å². The average Bonchev–Trinajstić information content (AvgIpc) is 3.54. The van der Waals surface area contributed by atoms with Crippen LogP contribution in [0.25, 0.3) is 0 Å². The van der Waals surface area contributed by atoms with Gasteiger partial charge in [0.15, 0.2) is 6.10 Å². The highest BCUT2D eigenvalue weighted by Crippen LogP contribution is 2.65. The fourth-order valence-corrected chi connectivity index (χ4v) is 6.06. The summed E-state index contributed by atoms with van der Waals surface area (Å²) in [6.07, 6.45) is 4.30. The lowest BCUT2D eigenvalue weighted by Gasteiger charge is -2.37. The zero-order chi connectivity index (χ0) is 22.0. The molecule has 1 aromatic rings. The molecule has 1 heterocycles. The van der Waals surface area contributed by atoms with Gasteiger partial charge in [-0.3, -0.25) is 19.3 Å². The van der Waals surface area contributed by atoms with Crippen LogP contribution in [0.5, 0.6) is 0 Å². The molecule has 1 aromatic carbocycles. The van der Waals surface area contributed by atoms with Gasteiger partial charge in [-0.05, 0) is 42.9 Å². The number of esters is 1. The van der Waals surface area contributed by atoms with E-state index >= 15 is 0 Å². The van der Waals surface area contributed by atoms with Gasteiger partial charge in [0.2, 0.25) is 17.6 Å². The van der Waals surface area contributed by atoms with Crippen LogP contribution in [0.15, 0.2) is 42.5 Å². The summed E-state index contributed by atoms with van der Waals surface area (Å²) >= 11 is 0. The second-order valence-corrected chi connectivity index (χ2v) is 9.70. The summed E-state index contributed by atoms with van der Waals surface area (Å²) in [5, 5.41) is 0. The van der Waals surface area contributed by atoms with Gasteiger partial charge in [0.1, 0.15) is 6.04 Å². The number of rotatable bonds is 6. The van der Waals surface area contributed by atoms with Crippen LogP contribution < -0.4 is 0 Å². The van der Waals surface area contributed by atoms with Crippen molar-refractivity contribution in [1.29, 1.82) is 0 Å². The van der Waals surface area contributed by atoms with Gasteiger partial charge in [0.25, 0.3) is 0 Å². The fourth-order valence-electron chi connectivity index (χ4n) is 6.06. The maximum Gasteiger partial charge on any atom is 0.330 e. The molecule has 1 aliphatic heterocycles. The summed E-state index contributed by atoms with van der Waals surface area (Å²) in [5.74, 6) is -1.35. The molecule has 0 radical (unpaired) electrons. The van der Waals surface area contributed by atoms with Gasteiger partial charge in [-0.1, -0.05) is 56.3 Å². The highest BCUT2D eigenvalue weighted by molar-refractivity contribution is 6.09. The number of allylic oxidation sites excluding steroid dienone is 2. The quantitative estimate of drug-likeness (QED) is 0.305. The van der Waals surface area contributed by atoms with Crippen molar-refractivity contribution in [2.75, 3.05) is 0 Å². The lowest BCUT2D eigenvalue weighted by Crippen LogP contribution is -2.50. The van der Waals surface area contributed by atoms with Crippen LogP contribution in [0, 0.1) is 41.4 Å². The number of Topliss-reactive ketones (excluding diaryl/α,β-unsaturated/α-hetero) is 1. The van der Waals surface area contributed by atoms with Crippen molar-refractivity contribution in [2.24, 2.45) is 41.4 Å². The zero-order valence-corrected chi connectivity index (χ0v) is 17.9. The first kappa shape index (κ1) is 20.2. The van der Waals surface area contributed by atoms with Crippen molar-refractivity contribution in [3.8, 4) is 0 Å². The molecule has 31 heavy (non-hydrogen) atoms. The number of carbonyl (C=O) groups is 4. The summed E-state index contributed by atoms with van der Waals surface area (Å²) < 4.78 is 5.50. The number of hydrogen-bond donors (Lipinski definition) is 0. The Bertz CT molecular complexity index is 947. The lowest BCUT2D eigenvalue weighted by molar-refractivity contribution is -0.162. The molecule has 1 saturated heterocycles.